The molecule has 0 radical (unpaired) electrons. The zero-order chi connectivity index (χ0) is 15.4. The van der Waals surface area contributed by atoms with E-state index in [0.717, 1.165) is 70.1 Å². The van der Waals surface area contributed by atoms with Crippen LogP contribution in [0.25, 0.3) is 0 Å². The molecule has 3 rings (SSSR count). The number of aliphatic hydroxyl groups is 1. The number of rotatable bonds is 5. The molecule has 0 aromatic heterocycles. The maximum absolute atomic E-state index is 10.4. The van der Waals surface area contributed by atoms with Crippen LogP contribution in [-0.4, -0.2) is 61.0 Å². The smallest absolute Gasteiger partial charge is 0.193 e. The van der Waals surface area contributed by atoms with Crippen molar-refractivity contribution in [2.75, 3.05) is 33.3 Å². The SMILES string of the molecule is CN=C(NCC1(O)CCCC1)N1CCC(OCC2CC2)CC1. The monoisotopic (exact) mass is 309 g/mol. The lowest BCUT2D eigenvalue weighted by Crippen LogP contribution is -2.50. The molecule has 1 aliphatic heterocycles. The first kappa shape index (κ1) is 16.1. The molecule has 126 valence electrons. The quantitative estimate of drug-likeness (QED) is 0.600. The molecule has 0 amide bonds. The lowest BCUT2D eigenvalue weighted by Gasteiger charge is -2.35. The Kier molecular flexibility index (Phi) is 5.24. The molecule has 0 spiro atoms. The van der Waals surface area contributed by atoms with E-state index in [1.165, 1.54) is 12.8 Å². The van der Waals surface area contributed by atoms with Gasteiger partial charge in [0, 0.05) is 33.3 Å². The van der Waals surface area contributed by atoms with Crippen LogP contribution in [0.3, 0.4) is 0 Å². The van der Waals surface area contributed by atoms with Crippen molar-refractivity contribution in [2.45, 2.75) is 63.1 Å². The van der Waals surface area contributed by atoms with Gasteiger partial charge >= 0.3 is 0 Å². The molecule has 1 heterocycles. The number of likely N-dealkylation sites (tertiary alicyclic amines) is 1. The van der Waals surface area contributed by atoms with Gasteiger partial charge < -0.3 is 20.1 Å². The molecule has 0 aromatic rings. The number of ether oxygens (including phenoxy) is 1. The van der Waals surface area contributed by atoms with Crippen LogP contribution in [0.1, 0.15) is 51.4 Å². The minimum absolute atomic E-state index is 0.425. The Morgan fingerprint density at radius 2 is 1.91 bits per heavy atom. The highest BCUT2D eigenvalue weighted by molar-refractivity contribution is 5.80. The molecule has 0 aromatic carbocycles. The maximum atomic E-state index is 10.4. The molecule has 0 bridgehead atoms. The summed E-state index contributed by atoms with van der Waals surface area (Å²) in [6.45, 7) is 3.57. The third kappa shape index (κ3) is 4.35. The molecule has 0 unspecified atom stereocenters. The van der Waals surface area contributed by atoms with Crippen LogP contribution in [0.15, 0.2) is 4.99 Å². The van der Waals surface area contributed by atoms with Crippen LogP contribution in [0.5, 0.6) is 0 Å². The van der Waals surface area contributed by atoms with Crippen LogP contribution in [0.2, 0.25) is 0 Å². The van der Waals surface area contributed by atoms with Crippen LogP contribution in [0.4, 0.5) is 0 Å². The predicted molar refractivity (Wildman–Crippen MR) is 88.1 cm³/mol. The number of hydrogen-bond acceptors (Lipinski definition) is 3. The summed E-state index contributed by atoms with van der Waals surface area (Å²) >= 11 is 0. The molecule has 2 saturated carbocycles. The lowest BCUT2D eigenvalue weighted by atomic mass is 10.0. The fourth-order valence-corrected chi connectivity index (χ4v) is 3.58. The van der Waals surface area contributed by atoms with Gasteiger partial charge in [-0.05, 0) is 44.4 Å². The zero-order valence-electron chi connectivity index (χ0n) is 13.9. The Morgan fingerprint density at radius 3 is 2.50 bits per heavy atom. The number of hydrogen-bond donors (Lipinski definition) is 2. The van der Waals surface area contributed by atoms with Crippen LogP contribution < -0.4 is 5.32 Å². The van der Waals surface area contributed by atoms with Crippen molar-refractivity contribution in [1.82, 2.24) is 10.2 Å². The zero-order valence-corrected chi connectivity index (χ0v) is 13.9. The summed E-state index contributed by atoms with van der Waals surface area (Å²) in [5.74, 6) is 1.78. The van der Waals surface area contributed by atoms with E-state index in [0.29, 0.717) is 12.6 Å². The van der Waals surface area contributed by atoms with Gasteiger partial charge in [0.1, 0.15) is 0 Å². The van der Waals surface area contributed by atoms with Gasteiger partial charge in [-0.2, -0.15) is 0 Å². The van der Waals surface area contributed by atoms with E-state index in [2.05, 4.69) is 15.2 Å². The van der Waals surface area contributed by atoms with Gasteiger partial charge in [0.2, 0.25) is 0 Å². The highest BCUT2D eigenvalue weighted by atomic mass is 16.5. The molecule has 1 saturated heterocycles. The van der Waals surface area contributed by atoms with Gasteiger partial charge in [0.05, 0.1) is 11.7 Å². The van der Waals surface area contributed by atoms with E-state index >= 15 is 0 Å². The van der Waals surface area contributed by atoms with Crippen molar-refractivity contribution in [3.63, 3.8) is 0 Å². The summed E-state index contributed by atoms with van der Waals surface area (Å²) in [5, 5.41) is 13.8. The minimum Gasteiger partial charge on any atom is -0.388 e. The molecule has 0 atom stereocenters. The van der Waals surface area contributed by atoms with E-state index in [9.17, 15) is 5.11 Å². The van der Waals surface area contributed by atoms with Crippen LogP contribution >= 0.6 is 0 Å². The minimum atomic E-state index is -0.526. The van der Waals surface area contributed by atoms with Gasteiger partial charge in [0.15, 0.2) is 5.96 Å². The summed E-state index contributed by atoms with van der Waals surface area (Å²) in [6.07, 6.45) is 9.41. The highest BCUT2D eigenvalue weighted by Crippen LogP contribution is 2.30. The Hall–Kier alpha value is -0.810. The standard InChI is InChI=1S/C17H31N3O2/c1-18-16(19-13-17(21)8-2-3-9-17)20-10-6-15(7-11-20)22-12-14-4-5-14/h14-15,21H,2-13H2,1H3,(H,18,19). The van der Waals surface area contributed by atoms with Gasteiger partial charge in [-0.25, -0.2) is 0 Å². The van der Waals surface area contributed by atoms with E-state index in [1.54, 1.807) is 0 Å². The highest BCUT2D eigenvalue weighted by Gasteiger charge is 2.32. The lowest BCUT2D eigenvalue weighted by molar-refractivity contribution is 0.0124. The van der Waals surface area contributed by atoms with E-state index in [1.807, 2.05) is 7.05 Å². The van der Waals surface area contributed by atoms with Gasteiger partial charge in [-0.15, -0.1) is 0 Å². The van der Waals surface area contributed by atoms with Crippen molar-refractivity contribution in [3.8, 4) is 0 Å². The fourth-order valence-electron chi connectivity index (χ4n) is 3.58. The second-order valence-corrected chi connectivity index (χ2v) is 7.30. The van der Waals surface area contributed by atoms with Gasteiger partial charge in [-0.1, -0.05) is 12.8 Å². The predicted octanol–water partition coefficient (Wildman–Crippen LogP) is 1.76. The van der Waals surface area contributed by atoms with Crippen LogP contribution in [0, 0.1) is 5.92 Å². The summed E-state index contributed by atoms with van der Waals surface area (Å²) in [7, 11) is 1.83. The van der Waals surface area contributed by atoms with Gasteiger partial charge in [-0.3, -0.25) is 4.99 Å². The second kappa shape index (κ2) is 7.18. The summed E-state index contributed by atoms with van der Waals surface area (Å²) in [5.41, 5.74) is -0.526. The van der Waals surface area contributed by atoms with Crippen molar-refractivity contribution in [2.24, 2.45) is 10.9 Å². The molecular weight excluding hydrogens is 278 g/mol. The molecule has 2 N–H and O–H groups in total. The molecule has 22 heavy (non-hydrogen) atoms. The fraction of sp³-hybridized carbons (Fsp3) is 0.941. The molecule has 5 heteroatoms. The number of guanidine groups is 1. The first-order chi connectivity index (χ1) is 10.7. The van der Waals surface area contributed by atoms with Crippen molar-refractivity contribution >= 4 is 5.96 Å². The maximum Gasteiger partial charge on any atom is 0.193 e. The first-order valence-corrected chi connectivity index (χ1v) is 8.98. The second-order valence-electron chi connectivity index (χ2n) is 7.30. The molecular formula is C17H31N3O2. The van der Waals surface area contributed by atoms with Crippen molar-refractivity contribution in [3.05, 3.63) is 0 Å². The number of piperidine rings is 1. The number of aliphatic imine (C=N–C) groups is 1. The third-order valence-corrected chi connectivity index (χ3v) is 5.33. The van der Waals surface area contributed by atoms with Crippen molar-refractivity contribution in [1.29, 1.82) is 0 Å². The molecule has 3 aliphatic rings. The molecule has 2 aliphatic carbocycles. The Balaban J connectivity index is 1.40. The number of nitrogens with zero attached hydrogens (tertiary/aromatic N) is 2. The van der Waals surface area contributed by atoms with E-state index in [4.69, 9.17) is 4.74 Å². The topological polar surface area (TPSA) is 57.1 Å². The summed E-state index contributed by atoms with van der Waals surface area (Å²) in [6, 6.07) is 0. The van der Waals surface area contributed by atoms with Crippen molar-refractivity contribution < 1.29 is 9.84 Å². The number of nitrogens with one attached hydrogen (secondary N) is 1. The average molecular weight is 309 g/mol. The normalized spacial score (nSPS) is 26.5. The third-order valence-electron chi connectivity index (χ3n) is 5.33. The average Bonchev–Trinajstić information content (AvgIpc) is 3.27. The Labute approximate surface area is 134 Å². The van der Waals surface area contributed by atoms with E-state index < -0.39 is 5.60 Å². The summed E-state index contributed by atoms with van der Waals surface area (Å²) in [4.78, 5) is 6.69. The van der Waals surface area contributed by atoms with Crippen LogP contribution in [-0.2, 0) is 4.74 Å². The molecule has 5 nitrogen and oxygen atoms in total. The molecule has 3 fully saturated rings. The van der Waals surface area contributed by atoms with E-state index in [-0.39, 0.29) is 0 Å². The largest absolute Gasteiger partial charge is 0.388 e. The summed E-state index contributed by atoms with van der Waals surface area (Å²) < 4.78 is 6.00. The van der Waals surface area contributed by atoms with Gasteiger partial charge in [0.25, 0.3) is 0 Å². The Morgan fingerprint density at radius 1 is 1.23 bits per heavy atom. The Bertz CT molecular complexity index is 381. The first-order valence-electron chi connectivity index (χ1n) is 8.98.